The number of amides is 3. The van der Waals surface area contributed by atoms with Gasteiger partial charge >= 0.3 is 6.03 Å². The monoisotopic (exact) mass is 416 g/mol. The molecule has 0 fully saturated rings. The van der Waals surface area contributed by atoms with Crippen LogP contribution in [0, 0.1) is 0 Å². The molecule has 3 N–H and O–H groups in total. The Kier molecular flexibility index (Phi) is 6.84. The Balaban J connectivity index is 1.64. The van der Waals surface area contributed by atoms with Gasteiger partial charge in [0.2, 0.25) is 5.91 Å². The van der Waals surface area contributed by atoms with Gasteiger partial charge in [0.25, 0.3) is 0 Å². The number of rotatable bonds is 7. The molecule has 0 unspecified atom stereocenters. The van der Waals surface area contributed by atoms with E-state index in [-0.39, 0.29) is 18.0 Å². The highest BCUT2D eigenvalue weighted by Gasteiger charge is 2.16. The lowest BCUT2D eigenvalue weighted by molar-refractivity contribution is -0.121. The van der Waals surface area contributed by atoms with E-state index in [0.717, 1.165) is 15.2 Å². The summed E-state index contributed by atoms with van der Waals surface area (Å²) in [6.45, 7) is 2.09. The van der Waals surface area contributed by atoms with Crippen LogP contribution in [0.15, 0.2) is 48.5 Å². The molecule has 1 aromatic heterocycles. The summed E-state index contributed by atoms with van der Waals surface area (Å²) in [5, 5.41) is 10.1. The minimum absolute atomic E-state index is 0.0700. The summed E-state index contributed by atoms with van der Waals surface area (Å²) in [5.74, 6) is -0.0700. The van der Waals surface area contributed by atoms with Gasteiger partial charge in [0.15, 0.2) is 0 Å². The first-order valence-corrected chi connectivity index (χ1v) is 10.2. The van der Waals surface area contributed by atoms with Gasteiger partial charge < -0.3 is 16.0 Å². The van der Waals surface area contributed by atoms with Crippen LogP contribution in [-0.2, 0) is 11.2 Å². The second kappa shape index (κ2) is 9.52. The van der Waals surface area contributed by atoms with Crippen LogP contribution in [0.25, 0.3) is 10.2 Å². The van der Waals surface area contributed by atoms with Crippen LogP contribution in [0.1, 0.15) is 18.4 Å². The Morgan fingerprint density at radius 1 is 1.18 bits per heavy atom. The van der Waals surface area contributed by atoms with Gasteiger partial charge in [0, 0.05) is 30.1 Å². The number of thiazole rings is 1. The number of carbonyl (C=O) groups excluding carboxylic acids is 2. The van der Waals surface area contributed by atoms with Crippen molar-refractivity contribution in [2.75, 3.05) is 11.9 Å². The first kappa shape index (κ1) is 20.1. The third-order valence-electron chi connectivity index (χ3n) is 4.04. The second-order valence-electron chi connectivity index (χ2n) is 6.24. The largest absolute Gasteiger partial charge is 0.351 e. The maximum absolute atomic E-state index is 12.1. The number of anilines is 1. The van der Waals surface area contributed by atoms with Gasteiger partial charge in [0.05, 0.1) is 21.3 Å². The first-order chi connectivity index (χ1) is 13.5. The number of fused-ring (bicyclic) bond motifs is 1. The van der Waals surface area contributed by atoms with Crippen molar-refractivity contribution in [1.82, 2.24) is 15.6 Å². The van der Waals surface area contributed by atoms with Gasteiger partial charge in [-0.15, -0.1) is 11.3 Å². The standard InChI is InChI=1S/C20H21ClN4O2S/c1-2-18(26)23-15(12-22-20(27)24-14-6-4-3-5-7-14)11-19-25-16-9-8-13(21)10-17(16)28-19/h3-10,15H,2,11-12H2,1H3,(H,23,26)(H2,22,24,27)/t15-/m0/s1. The normalized spacial score (nSPS) is 11.8. The van der Waals surface area contributed by atoms with Crippen molar-refractivity contribution in [1.29, 1.82) is 0 Å². The van der Waals surface area contributed by atoms with Crippen molar-refractivity contribution >= 4 is 50.8 Å². The smallest absolute Gasteiger partial charge is 0.319 e. The molecule has 6 nitrogen and oxygen atoms in total. The molecule has 3 rings (SSSR count). The average Bonchev–Trinajstić information content (AvgIpc) is 3.08. The lowest BCUT2D eigenvalue weighted by Crippen LogP contribution is -2.45. The van der Waals surface area contributed by atoms with E-state index >= 15 is 0 Å². The van der Waals surface area contributed by atoms with Crippen LogP contribution in [0.5, 0.6) is 0 Å². The van der Waals surface area contributed by atoms with Crippen LogP contribution in [-0.4, -0.2) is 29.5 Å². The van der Waals surface area contributed by atoms with Gasteiger partial charge in [-0.2, -0.15) is 0 Å². The van der Waals surface area contributed by atoms with Gasteiger partial charge in [-0.25, -0.2) is 9.78 Å². The molecule has 1 atom stereocenters. The summed E-state index contributed by atoms with van der Waals surface area (Å²) < 4.78 is 0.998. The molecule has 28 heavy (non-hydrogen) atoms. The molecule has 3 aromatic rings. The van der Waals surface area contributed by atoms with Gasteiger partial charge in [0.1, 0.15) is 0 Å². The molecular weight excluding hydrogens is 396 g/mol. The average molecular weight is 417 g/mol. The number of aromatic nitrogens is 1. The summed E-state index contributed by atoms with van der Waals surface area (Å²) in [6, 6.07) is 14.2. The van der Waals surface area contributed by atoms with Crippen LogP contribution >= 0.6 is 22.9 Å². The molecule has 0 aliphatic rings. The fourth-order valence-corrected chi connectivity index (χ4v) is 3.98. The molecule has 0 saturated carbocycles. The topological polar surface area (TPSA) is 83.1 Å². The molecule has 0 bridgehead atoms. The number of carbonyl (C=O) groups is 2. The lowest BCUT2D eigenvalue weighted by Gasteiger charge is -2.18. The molecule has 3 amide bonds. The summed E-state index contributed by atoms with van der Waals surface area (Å²) in [4.78, 5) is 28.6. The fraction of sp³-hybridized carbons (Fsp3) is 0.250. The van der Waals surface area contributed by atoms with E-state index in [1.807, 2.05) is 42.5 Å². The Bertz CT molecular complexity index is 961. The minimum atomic E-state index is -0.321. The molecule has 0 aliphatic carbocycles. The van der Waals surface area contributed by atoms with E-state index < -0.39 is 0 Å². The fourth-order valence-electron chi connectivity index (χ4n) is 2.66. The number of urea groups is 1. The summed E-state index contributed by atoms with van der Waals surface area (Å²) >= 11 is 7.58. The van der Waals surface area contributed by atoms with Crippen LogP contribution in [0.4, 0.5) is 10.5 Å². The van der Waals surface area contributed by atoms with Crippen molar-refractivity contribution in [2.24, 2.45) is 0 Å². The van der Waals surface area contributed by atoms with E-state index in [0.29, 0.717) is 30.1 Å². The molecule has 1 heterocycles. The number of halogens is 1. The van der Waals surface area contributed by atoms with E-state index in [1.165, 1.54) is 11.3 Å². The highest BCUT2D eigenvalue weighted by atomic mass is 35.5. The number of nitrogens with zero attached hydrogens (tertiary/aromatic N) is 1. The molecule has 0 radical (unpaired) electrons. The maximum Gasteiger partial charge on any atom is 0.319 e. The first-order valence-electron chi connectivity index (χ1n) is 8.97. The van der Waals surface area contributed by atoms with E-state index in [2.05, 4.69) is 20.9 Å². The number of nitrogens with one attached hydrogen (secondary N) is 3. The van der Waals surface area contributed by atoms with Gasteiger partial charge in [-0.1, -0.05) is 36.7 Å². The van der Waals surface area contributed by atoms with Crippen molar-refractivity contribution in [3.8, 4) is 0 Å². The lowest BCUT2D eigenvalue weighted by atomic mass is 10.2. The van der Waals surface area contributed by atoms with Crippen LogP contribution < -0.4 is 16.0 Å². The van der Waals surface area contributed by atoms with E-state index in [1.54, 1.807) is 13.0 Å². The highest BCUT2D eigenvalue weighted by molar-refractivity contribution is 7.18. The number of benzene rings is 2. The van der Waals surface area contributed by atoms with Crippen LogP contribution in [0.2, 0.25) is 5.02 Å². The Morgan fingerprint density at radius 3 is 2.71 bits per heavy atom. The molecule has 8 heteroatoms. The van der Waals surface area contributed by atoms with Gasteiger partial charge in [-0.3, -0.25) is 4.79 Å². The van der Waals surface area contributed by atoms with Crippen molar-refractivity contribution < 1.29 is 9.59 Å². The Morgan fingerprint density at radius 2 is 1.96 bits per heavy atom. The predicted molar refractivity (Wildman–Crippen MR) is 114 cm³/mol. The molecule has 146 valence electrons. The van der Waals surface area contributed by atoms with Gasteiger partial charge in [-0.05, 0) is 30.3 Å². The molecular formula is C20H21ClN4O2S. The number of para-hydroxylation sites is 1. The molecule has 0 saturated heterocycles. The van der Waals surface area contributed by atoms with E-state index in [4.69, 9.17) is 11.6 Å². The van der Waals surface area contributed by atoms with E-state index in [9.17, 15) is 9.59 Å². The van der Waals surface area contributed by atoms with Crippen molar-refractivity contribution in [3.05, 3.63) is 58.6 Å². The zero-order valence-electron chi connectivity index (χ0n) is 15.4. The molecule has 2 aromatic carbocycles. The maximum atomic E-state index is 12.1. The van der Waals surface area contributed by atoms with Crippen molar-refractivity contribution in [3.63, 3.8) is 0 Å². The zero-order chi connectivity index (χ0) is 19.9. The minimum Gasteiger partial charge on any atom is -0.351 e. The molecule has 0 spiro atoms. The third kappa shape index (κ3) is 5.68. The summed E-state index contributed by atoms with van der Waals surface area (Å²) in [5.41, 5.74) is 1.58. The second-order valence-corrected chi connectivity index (χ2v) is 7.79. The van der Waals surface area contributed by atoms with Crippen molar-refractivity contribution in [2.45, 2.75) is 25.8 Å². The SMILES string of the molecule is CCC(=O)N[C@H](CNC(=O)Nc1ccccc1)Cc1nc2ccc(Cl)cc2s1. The predicted octanol–water partition coefficient (Wildman–Crippen LogP) is 4.21. The number of hydrogen-bond donors (Lipinski definition) is 3. The number of hydrogen-bond acceptors (Lipinski definition) is 4. The highest BCUT2D eigenvalue weighted by Crippen LogP contribution is 2.26. The molecule has 0 aliphatic heterocycles. The third-order valence-corrected chi connectivity index (χ3v) is 5.32. The zero-order valence-corrected chi connectivity index (χ0v) is 16.9. The summed E-state index contributed by atoms with van der Waals surface area (Å²) in [6.07, 6.45) is 0.899. The summed E-state index contributed by atoms with van der Waals surface area (Å²) in [7, 11) is 0. The van der Waals surface area contributed by atoms with Crippen LogP contribution in [0.3, 0.4) is 0 Å². The quantitative estimate of drug-likeness (QED) is 0.539. The Hall–Kier alpha value is -2.64. The Labute approximate surface area is 172 Å².